The minimum Gasteiger partial charge on any atom is -0.276 e. The summed E-state index contributed by atoms with van der Waals surface area (Å²) in [6, 6.07) is 4.17. The Balaban J connectivity index is 2.73. The molecule has 1 aliphatic carbocycles. The van der Waals surface area contributed by atoms with Crippen LogP contribution >= 0.6 is 11.6 Å². The molecule has 0 bridgehead atoms. The van der Waals surface area contributed by atoms with Gasteiger partial charge in [0.25, 0.3) is 5.24 Å². The van der Waals surface area contributed by atoms with Crippen molar-refractivity contribution in [2.75, 3.05) is 0 Å². The minimum atomic E-state index is -0.352. The summed E-state index contributed by atoms with van der Waals surface area (Å²) in [5.74, 6) is 0. The van der Waals surface area contributed by atoms with Crippen LogP contribution in [0.25, 0.3) is 0 Å². The first-order chi connectivity index (χ1) is 8.15. The molecule has 2 heteroatoms. The van der Waals surface area contributed by atoms with E-state index < -0.39 is 0 Å². The zero-order valence-corrected chi connectivity index (χ0v) is 12.6. The van der Waals surface area contributed by atoms with Crippen LogP contribution in [0, 0.1) is 6.92 Å². The van der Waals surface area contributed by atoms with E-state index >= 15 is 0 Å². The Hall–Kier alpha value is -0.820. The van der Waals surface area contributed by atoms with Crippen molar-refractivity contribution in [3.05, 3.63) is 34.4 Å². The van der Waals surface area contributed by atoms with E-state index in [4.69, 9.17) is 11.6 Å². The van der Waals surface area contributed by atoms with Crippen LogP contribution in [0.2, 0.25) is 0 Å². The Bertz CT molecular complexity index is 512. The minimum absolute atomic E-state index is 0.125. The highest BCUT2D eigenvalue weighted by Crippen LogP contribution is 2.46. The number of fused-ring (bicyclic) bond motifs is 1. The van der Waals surface area contributed by atoms with Gasteiger partial charge in [-0.15, -0.1) is 0 Å². The summed E-state index contributed by atoms with van der Waals surface area (Å²) in [6.45, 7) is 11.0. The number of hydrogen-bond donors (Lipinski definition) is 0. The number of carbonyl (C=O) groups is 1. The molecule has 1 nitrogen and oxygen atoms in total. The molecule has 0 heterocycles. The van der Waals surface area contributed by atoms with Gasteiger partial charge in [-0.1, -0.05) is 33.8 Å². The lowest BCUT2D eigenvalue weighted by molar-refractivity contribution is 0.108. The summed E-state index contributed by atoms with van der Waals surface area (Å²) in [5, 5.41) is -0.352. The number of halogens is 1. The topological polar surface area (TPSA) is 17.1 Å². The van der Waals surface area contributed by atoms with Crippen molar-refractivity contribution in [2.45, 2.75) is 58.3 Å². The van der Waals surface area contributed by atoms with E-state index in [2.05, 4.69) is 33.8 Å². The summed E-state index contributed by atoms with van der Waals surface area (Å²) in [4.78, 5) is 11.5. The van der Waals surface area contributed by atoms with Gasteiger partial charge in [0.15, 0.2) is 0 Å². The molecule has 2 rings (SSSR count). The van der Waals surface area contributed by atoms with Gasteiger partial charge in [-0.25, -0.2) is 0 Å². The fourth-order valence-corrected chi connectivity index (χ4v) is 3.14. The number of aryl methyl sites for hydroxylation is 1. The van der Waals surface area contributed by atoms with Crippen molar-refractivity contribution in [3.8, 4) is 0 Å². The Morgan fingerprint density at radius 2 is 1.50 bits per heavy atom. The molecular weight excluding hydrogens is 244 g/mol. The van der Waals surface area contributed by atoms with Gasteiger partial charge in [0.2, 0.25) is 0 Å². The molecule has 0 radical (unpaired) electrons. The largest absolute Gasteiger partial charge is 0.276 e. The molecular formula is C16H21ClO. The Labute approximate surface area is 115 Å². The van der Waals surface area contributed by atoms with Crippen LogP contribution in [0.4, 0.5) is 0 Å². The fourth-order valence-electron chi connectivity index (χ4n) is 2.93. The fraction of sp³-hybridized carbons (Fsp3) is 0.562. The standard InChI is InChI=1S/C16H21ClO/c1-10-8-12-13(9-11(10)14(17)18)16(4,5)7-6-15(12,2)3/h8-9H,6-7H2,1-5H3. The van der Waals surface area contributed by atoms with Crippen molar-refractivity contribution in [1.29, 1.82) is 0 Å². The average molecular weight is 265 g/mol. The van der Waals surface area contributed by atoms with Crippen molar-refractivity contribution in [3.63, 3.8) is 0 Å². The van der Waals surface area contributed by atoms with E-state index in [0.717, 1.165) is 12.0 Å². The molecule has 1 aromatic rings. The van der Waals surface area contributed by atoms with Crippen LogP contribution in [-0.4, -0.2) is 5.24 Å². The molecule has 1 aromatic carbocycles. The molecule has 1 aliphatic rings. The zero-order valence-electron chi connectivity index (χ0n) is 11.9. The van der Waals surface area contributed by atoms with Crippen LogP contribution in [0.15, 0.2) is 12.1 Å². The molecule has 0 N–H and O–H groups in total. The van der Waals surface area contributed by atoms with Gasteiger partial charge in [-0.3, -0.25) is 4.79 Å². The van der Waals surface area contributed by atoms with Gasteiger partial charge in [-0.2, -0.15) is 0 Å². The van der Waals surface area contributed by atoms with Gasteiger partial charge < -0.3 is 0 Å². The van der Waals surface area contributed by atoms with Crippen LogP contribution in [0.5, 0.6) is 0 Å². The van der Waals surface area contributed by atoms with Crippen LogP contribution in [-0.2, 0) is 10.8 Å². The predicted octanol–water partition coefficient (Wildman–Crippen LogP) is 4.72. The van der Waals surface area contributed by atoms with E-state index in [1.54, 1.807) is 0 Å². The van der Waals surface area contributed by atoms with E-state index in [-0.39, 0.29) is 16.1 Å². The Morgan fingerprint density at radius 3 is 1.94 bits per heavy atom. The quantitative estimate of drug-likeness (QED) is 0.671. The first-order valence-electron chi connectivity index (χ1n) is 6.50. The molecule has 0 aliphatic heterocycles. The van der Waals surface area contributed by atoms with Gasteiger partial charge >= 0.3 is 0 Å². The van der Waals surface area contributed by atoms with Crippen LogP contribution < -0.4 is 0 Å². The Morgan fingerprint density at radius 1 is 1.06 bits per heavy atom. The van der Waals surface area contributed by atoms with Gasteiger partial charge in [0, 0.05) is 5.56 Å². The molecule has 0 saturated carbocycles. The maximum absolute atomic E-state index is 11.5. The molecule has 0 atom stereocenters. The van der Waals surface area contributed by atoms with Gasteiger partial charge in [0.05, 0.1) is 0 Å². The SMILES string of the molecule is Cc1cc2c(cc1C(=O)Cl)C(C)(C)CCC2(C)C. The monoisotopic (exact) mass is 264 g/mol. The van der Waals surface area contributed by atoms with E-state index in [9.17, 15) is 4.79 Å². The highest BCUT2D eigenvalue weighted by atomic mass is 35.5. The molecule has 0 amide bonds. The molecule has 0 unspecified atom stereocenters. The first kappa shape index (κ1) is 13.6. The first-order valence-corrected chi connectivity index (χ1v) is 6.88. The Kier molecular flexibility index (Phi) is 3.09. The highest BCUT2D eigenvalue weighted by molar-refractivity contribution is 6.67. The number of benzene rings is 1. The summed E-state index contributed by atoms with van der Waals surface area (Å²) in [7, 11) is 0. The number of hydrogen-bond acceptors (Lipinski definition) is 1. The lowest BCUT2D eigenvalue weighted by Gasteiger charge is -2.42. The smallest absolute Gasteiger partial charge is 0.252 e. The number of carbonyl (C=O) groups excluding carboxylic acids is 1. The maximum atomic E-state index is 11.5. The van der Waals surface area contributed by atoms with Crippen LogP contribution in [0.1, 0.15) is 67.6 Å². The second kappa shape index (κ2) is 4.09. The third kappa shape index (κ3) is 2.09. The van der Waals surface area contributed by atoms with Crippen molar-refractivity contribution in [1.82, 2.24) is 0 Å². The third-order valence-corrected chi connectivity index (χ3v) is 4.61. The summed E-state index contributed by atoms with van der Waals surface area (Å²) in [5.41, 5.74) is 4.61. The van der Waals surface area contributed by atoms with Crippen molar-refractivity contribution >= 4 is 16.8 Å². The molecule has 0 aromatic heterocycles. The second-order valence-corrected chi connectivity index (χ2v) is 7.10. The van der Waals surface area contributed by atoms with E-state index in [1.807, 2.05) is 13.0 Å². The maximum Gasteiger partial charge on any atom is 0.252 e. The summed E-state index contributed by atoms with van der Waals surface area (Å²) >= 11 is 5.68. The zero-order chi connectivity index (χ0) is 13.7. The van der Waals surface area contributed by atoms with E-state index in [0.29, 0.717) is 5.56 Å². The lowest BCUT2D eigenvalue weighted by atomic mass is 9.62. The molecule has 98 valence electrons. The molecule has 0 fully saturated rings. The molecule has 0 saturated heterocycles. The number of rotatable bonds is 1. The second-order valence-electron chi connectivity index (χ2n) is 6.75. The van der Waals surface area contributed by atoms with Gasteiger partial charge in [0.1, 0.15) is 0 Å². The molecule has 18 heavy (non-hydrogen) atoms. The third-order valence-electron chi connectivity index (χ3n) is 4.41. The summed E-state index contributed by atoms with van der Waals surface area (Å²) < 4.78 is 0. The average Bonchev–Trinajstić information content (AvgIpc) is 2.24. The normalized spacial score (nSPS) is 20.3. The summed E-state index contributed by atoms with van der Waals surface area (Å²) in [6.07, 6.45) is 2.33. The molecule has 0 spiro atoms. The van der Waals surface area contributed by atoms with Gasteiger partial charge in [-0.05, 0) is 65.0 Å². The van der Waals surface area contributed by atoms with Crippen molar-refractivity contribution < 1.29 is 4.79 Å². The predicted molar refractivity (Wildman–Crippen MR) is 76.6 cm³/mol. The highest BCUT2D eigenvalue weighted by Gasteiger charge is 2.37. The van der Waals surface area contributed by atoms with Crippen LogP contribution in [0.3, 0.4) is 0 Å². The van der Waals surface area contributed by atoms with Crippen molar-refractivity contribution in [2.24, 2.45) is 0 Å². The lowest BCUT2D eigenvalue weighted by Crippen LogP contribution is -2.34. The van der Waals surface area contributed by atoms with E-state index in [1.165, 1.54) is 17.5 Å².